The minimum atomic E-state index is -0.353. The average molecular weight is 305 g/mol. The van der Waals surface area contributed by atoms with Crippen LogP contribution in [0.3, 0.4) is 0 Å². The van der Waals surface area contributed by atoms with Crippen molar-refractivity contribution in [2.24, 2.45) is 5.92 Å². The van der Waals surface area contributed by atoms with Gasteiger partial charge in [-0.1, -0.05) is 18.9 Å². The number of hydrogen-bond donors (Lipinski definition) is 1. The zero-order valence-electron chi connectivity index (χ0n) is 13.0. The quantitative estimate of drug-likeness (QED) is 0.645. The fourth-order valence-electron chi connectivity index (χ4n) is 3.22. The molecule has 1 aromatic rings. The van der Waals surface area contributed by atoms with E-state index in [0.29, 0.717) is 5.75 Å². The zero-order chi connectivity index (χ0) is 15.5. The molecule has 1 aliphatic heterocycles. The number of hydrogen-bond acceptors (Lipinski definition) is 5. The minimum absolute atomic E-state index is 0.0657. The second kappa shape index (κ2) is 6.62. The zero-order valence-corrected chi connectivity index (χ0v) is 13.0. The van der Waals surface area contributed by atoms with Crippen molar-refractivity contribution >= 4 is 5.69 Å². The van der Waals surface area contributed by atoms with Gasteiger partial charge in [0.2, 0.25) is 0 Å². The van der Waals surface area contributed by atoms with Crippen LogP contribution in [-0.2, 0) is 0 Å². The SMILES string of the molecule is COc1ccc([C@@H](CC2CC2)N2CCNCC2)cc1[N+](=O)[O-]. The highest BCUT2D eigenvalue weighted by molar-refractivity contribution is 5.49. The first-order valence-electron chi connectivity index (χ1n) is 7.96. The summed E-state index contributed by atoms with van der Waals surface area (Å²) in [6.07, 6.45) is 3.69. The van der Waals surface area contributed by atoms with Crippen LogP contribution in [0, 0.1) is 16.0 Å². The van der Waals surface area contributed by atoms with E-state index in [1.807, 2.05) is 6.07 Å². The van der Waals surface area contributed by atoms with Crippen LogP contribution in [0.15, 0.2) is 18.2 Å². The standard InChI is InChI=1S/C16H23N3O3/c1-22-16-5-4-13(11-15(16)19(20)21)14(10-12-2-3-12)18-8-6-17-7-9-18/h4-5,11-12,14,17H,2-3,6-10H2,1H3/t14-/m1/s1. The maximum absolute atomic E-state index is 11.3. The molecule has 1 aromatic carbocycles. The first kappa shape index (κ1) is 15.2. The Hall–Kier alpha value is -1.66. The highest BCUT2D eigenvalue weighted by Crippen LogP contribution is 2.41. The summed E-state index contributed by atoms with van der Waals surface area (Å²) in [7, 11) is 1.47. The summed E-state index contributed by atoms with van der Waals surface area (Å²) in [5.74, 6) is 1.11. The summed E-state index contributed by atoms with van der Waals surface area (Å²) >= 11 is 0. The van der Waals surface area contributed by atoms with Gasteiger partial charge < -0.3 is 10.1 Å². The summed E-state index contributed by atoms with van der Waals surface area (Å²) in [6, 6.07) is 5.70. The molecule has 1 aliphatic carbocycles. The molecule has 1 saturated carbocycles. The first-order valence-corrected chi connectivity index (χ1v) is 7.96. The van der Waals surface area contributed by atoms with E-state index in [2.05, 4.69) is 10.2 Å². The smallest absolute Gasteiger partial charge is 0.311 e. The third-order valence-corrected chi connectivity index (χ3v) is 4.63. The highest BCUT2D eigenvalue weighted by Gasteiger charge is 2.31. The molecule has 1 saturated heterocycles. The van der Waals surface area contributed by atoms with E-state index in [9.17, 15) is 10.1 Å². The summed E-state index contributed by atoms with van der Waals surface area (Å²) in [4.78, 5) is 13.4. The van der Waals surface area contributed by atoms with Crippen LogP contribution >= 0.6 is 0 Å². The van der Waals surface area contributed by atoms with Crippen molar-refractivity contribution in [2.45, 2.75) is 25.3 Å². The van der Waals surface area contributed by atoms with E-state index in [1.54, 1.807) is 12.1 Å². The van der Waals surface area contributed by atoms with E-state index in [1.165, 1.54) is 20.0 Å². The van der Waals surface area contributed by atoms with Gasteiger partial charge >= 0.3 is 5.69 Å². The number of rotatable bonds is 6. The molecule has 0 bridgehead atoms. The number of methoxy groups -OCH3 is 1. The average Bonchev–Trinajstić information content (AvgIpc) is 3.37. The van der Waals surface area contributed by atoms with Crippen LogP contribution in [0.5, 0.6) is 5.75 Å². The lowest BCUT2D eigenvalue weighted by Gasteiger charge is -2.35. The Morgan fingerprint density at radius 2 is 2.14 bits per heavy atom. The van der Waals surface area contributed by atoms with E-state index < -0.39 is 0 Å². The molecule has 6 heteroatoms. The number of benzene rings is 1. The van der Waals surface area contributed by atoms with Gasteiger partial charge in [-0.2, -0.15) is 0 Å². The molecule has 2 aliphatic rings. The van der Waals surface area contributed by atoms with E-state index >= 15 is 0 Å². The third kappa shape index (κ3) is 3.39. The molecule has 0 amide bonds. The molecule has 0 unspecified atom stereocenters. The molecule has 6 nitrogen and oxygen atoms in total. The second-order valence-electron chi connectivity index (χ2n) is 6.17. The molecule has 22 heavy (non-hydrogen) atoms. The van der Waals surface area contributed by atoms with Gasteiger partial charge in [-0.25, -0.2) is 0 Å². The fraction of sp³-hybridized carbons (Fsp3) is 0.625. The maximum atomic E-state index is 11.3. The van der Waals surface area contributed by atoms with Crippen molar-refractivity contribution in [1.82, 2.24) is 10.2 Å². The highest BCUT2D eigenvalue weighted by atomic mass is 16.6. The molecule has 120 valence electrons. The normalized spacial score (nSPS) is 20.6. The van der Waals surface area contributed by atoms with Gasteiger partial charge in [0.05, 0.1) is 12.0 Å². The molecule has 0 spiro atoms. The Labute approximate surface area is 130 Å². The summed E-state index contributed by atoms with van der Waals surface area (Å²) in [6.45, 7) is 3.97. The minimum Gasteiger partial charge on any atom is -0.490 e. The Morgan fingerprint density at radius 3 is 2.73 bits per heavy atom. The van der Waals surface area contributed by atoms with Crippen LogP contribution in [0.25, 0.3) is 0 Å². The van der Waals surface area contributed by atoms with Crippen LogP contribution in [0.4, 0.5) is 5.69 Å². The Kier molecular flexibility index (Phi) is 4.59. The van der Waals surface area contributed by atoms with Gasteiger partial charge in [0.25, 0.3) is 0 Å². The van der Waals surface area contributed by atoms with Crippen molar-refractivity contribution in [3.8, 4) is 5.75 Å². The van der Waals surface area contributed by atoms with Gasteiger partial charge in [-0.15, -0.1) is 0 Å². The topological polar surface area (TPSA) is 67.6 Å². The number of nitrogens with zero attached hydrogens (tertiary/aromatic N) is 2. The van der Waals surface area contributed by atoms with Gasteiger partial charge in [0.15, 0.2) is 5.75 Å². The molecule has 1 N–H and O–H groups in total. The third-order valence-electron chi connectivity index (χ3n) is 4.63. The first-order chi connectivity index (χ1) is 10.7. The molecular weight excluding hydrogens is 282 g/mol. The lowest BCUT2D eigenvalue weighted by molar-refractivity contribution is -0.385. The van der Waals surface area contributed by atoms with Gasteiger partial charge in [0.1, 0.15) is 0 Å². The fourth-order valence-corrected chi connectivity index (χ4v) is 3.22. The summed E-state index contributed by atoms with van der Waals surface area (Å²) < 4.78 is 5.12. The Morgan fingerprint density at radius 1 is 1.41 bits per heavy atom. The molecule has 3 rings (SSSR count). The molecule has 2 fully saturated rings. The number of ether oxygens (including phenoxy) is 1. The van der Waals surface area contributed by atoms with Gasteiger partial charge in [0, 0.05) is 38.3 Å². The van der Waals surface area contributed by atoms with E-state index in [0.717, 1.165) is 44.1 Å². The predicted molar refractivity (Wildman–Crippen MR) is 84.2 cm³/mol. The molecule has 0 aromatic heterocycles. The van der Waals surface area contributed by atoms with Crippen molar-refractivity contribution in [1.29, 1.82) is 0 Å². The Bertz CT molecular complexity index is 539. The lowest BCUT2D eigenvalue weighted by atomic mass is 9.98. The van der Waals surface area contributed by atoms with E-state index in [4.69, 9.17) is 4.74 Å². The van der Waals surface area contributed by atoms with Crippen LogP contribution in [0.2, 0.25) is 0 Å². The maximum Gasteiger partial charge on any atom is 0.311 e. The van der Waals surface area contributed by atoms with Crippen LogP contribution in [-0.4, -0.2) is 43.1 Å². The number of nitro groups is 1. The van der Waals surface area contributed by atoms with Crippen LogP contribution in [0.1, 0.15) is 30.9 Å². The van der Waals surface area contributed by atoms with Gasteiger partial charge in [-0.3, -0.25) is 15.0 Å². The predicted octanol–water partition coefficient (Wildman–Crippen LogP) is 2.35. The lowest BCUT2D eigenvalue weighted by Crippen LogP contribution is -2.45. The van der Waals surface area contributed by atoms with Crippen molar-refractivity contribution < 1.29 is 9.66 Å². The monoisotopic (exact) mass is 305 g/mol. The number of nitrogens with one attached hydrogen (secondary N) is 1. The van der Waals surface area contributed by atoms with Crippen molar-refractivity contribution in [3.63, 3.8) is 0 Å². The van der Waals surface area contributed by atoms with E-state index in [-0.39, 0.29) is 16.7 Å². The molecule has 0 radical (unpaired) electrons. The largest absolute Gasteiger partial charge is 0.490 e. The molecule has 1 heterocycles. The number of piperazine rings is 1. The van der Waals surface area contributed by atoms with Crippen molar-refractivity contribution in [3.05, 3.63) is 33.9 Å². The number of nitro benzene ring substituents is 1. The summed E-state index contributed by atoms with van der Waals surface area (Å²) in [5.41, 5.74) is 1.11. The molecule has 1 atom stereocenters. The molecular formula is C16H23N3O3. The second-order valence-corrected chi connectivity index (χ2v) is 6.17. The van der Waals surface area contributed by atoms with Crippen LogP contribution < -0.4 is 10.1 Å². The van der Waals surface area contributed by atoms with Gasteiger partial charge in [-0.05, 0) is 24.0 Å². The van der Waals surface area contributed by atoms with Crippen molar-refractivity contribution in [2.75, 3.05) is 33.3 Å². The summed E-state index contributed by atoms with van der Waals surface area (Å²) in [5, 5.41) is 14.6. The Balaban J connectivity index is 1.88.